The molecule has 0 atom stereocenters. The lowest BCUT2D eigenvalue weighted by Gasteiger charge is -2.33. The first-order valence-electron chi connectivity index (χ1n) is 8.43. The van der Waals surface area contributed by atoms with Gasteiger partial charge in [-0.3, -0.25) is 9.59 Å². The van der Waals surface area contributed by atoms with E-state index in [1.54, 1.807) is 31.5 Å². The van der Waals surface area contributed by atoms with Crippen LogP contribution in [-0.2, 0) is 0 Å². The van der Waals surface area contributed by atoms with E-state index in [-0.39, 0.29) is 17.5 Å². The first kappa shape index (κ1) is 17.8. The minimum atomic E-state index is -0.218. The lowest BCUT2D eigenvalue weighted by Crippen LogP contribution is -2.45. The number of hydrogen-bond donors (Lipinski definition) is 2. The Kier molecular flexibility index (Phi) is 5.40. The number of carbonyl (C=O) groups is 1. The average Bonchev–Trinajstić information content (AvgIpc) is 2.68. The third-order valence-corrected chi connectivity index (χ3v) is 4.50. The van der Waals surface area contributed by atoms with Gasteiger partial charge < -0.3 is 19.7 Å². The summed E-state index contributed by atoms with van der Waals surface area (Å²) < 4.78 is 10.5. The lowest BCUT2D eigenvalue weighted by molar-refractivity contribution is 0.0928. The van der Waals surface area contributed by atoms with Crippen molar-refractivity contribution in [3.05, 3.63) is 46.4 Å². The van der Waals surface area contributed by atoms with Crippen LogP contribution in [0.25, 0.3) is 0 Å². The molecular weight excluding hydrogens is 336 g/mol. The van der Waals surface area contributed by atoms with Crippen LogP contribution in [-0.4, -0.2) is 49.5 Å². The zero-order valence-electron chi connectivity index (χ0n) is 14.8. The predicted molar refractivity (Wildman–Crippen MR) is 97.1 cm³/mol. The third-order valence-electron chi connectivity index (χ3n) is 4.50. The Morgan fingerprint density at radius 3 is 2.65 bits per heavy atom. The molecule has 1 amide bonds. The zero-order chi connectivity index (χ0) is 18.5. The number of benzene rings is 1. The number of nitrogens with zero attached hydrogens (tertiary/aromatic N) is 2. The molecule has 1 aromatic heterocycles. The summed E-state index contributed by atoms with van der Waals surface area (Å²) in [5.74, 6) is 0.952. The number of aromatic amines is 1. The highest BCUT2D eigenvalue weighted by Crippen LogP contribution is 2.25. The van der Waals surface area contributed by atoms with E-state index in [1.165, 1.54) is 13.2 Å². The number of rotatable bonds is 5. The molecule has 0 radical (unpaired) electrons. The Hall–Kier alpha value is -3.03. The Bertz CT molecular complexity index is 828. The zero-order valence-corrected chi connectivity index (χ0v) is 14.8. The van der Waals surface area contributed by atoms with Crippen molar-refractivity contribution in [2.45, 2.75) is 18.9 Å². The fraction of sp³-hybridized carbons (Fsp3) is 0.389. The van der Waals surface area contributed by atoms with Crippen molar-refractivity contribution >= 4 is 11.6 Å². The Balaban J connectivity index is 1.61. The van der Waals surface area contributed by atoms with Crippen molar-refractivity contribution in [3.8, 4) is 11.5 Å². The normalized spacial score (nSPS) is 14.8. The highest BCUT2D eigenvalue weighted by molar-refractivity contribution is 5.97. The van der Waals surface area contributed by atoms with Crippen LogP contribution >= 0.6 is 0 Å². The standard InChI is InChI=1S/C18H22N4O4/c1-25-14-3-4-15(16(10-14)26-2)18(24)20-12-5-7-22(8-6-12)13-9-17(23)21-19-11-13/h3-4,9-12H,5-8H2,1-2H3,(H,20,24)(H,21,23). The fourth-order valence-corrected chi connectivity index (χ4v) is 3.07. The number of amides is 1. The molecule has 1 saturated heterocycles. The van der Waals surface area contributed by atoms with E-state index in [0.717, 1.165) is 31.6 Å². The second-order valence-corrected chi connectivity index (χ2v) is 6.10. The largest absolute Gasteiger partial charge is 0.497 e. The molecule has 0 bridgehead atoms. The van der Waals surface area contributed by atoms with Crippen molar-refractivity contribution in [1.29, 1.82) is 0 Å². The molecule has 26 heavy (non-hydrogen) atoms. The van der Waals surface area contributed by atoms with Gasteiger partial charge in [-0.05, 0) is 25.0 Å². The first-order valence-corrected chi connectivity index (χ1v) is 8.43. The van der Waals surface area contributed by atoms with E-state index in [1.807, 2.05) is 0 Å². The molecule has 2 heterocycles. The summed E-state index contributed by atoms with van der Waals surface area (Å²) in [6, 6.07) is 6.73. The molecule has 8 nitrogen and oxygen atoms in total. The van der Waals surface area contributed by atoms with Crippen LogP contribution in [0.5, 0.6) is 11.5 Å². The smallest absolute Gasteiger partial charge is 0.266 e. The summed E-state index contributed by atoms with van der Waals surface area (Å²) in [6.45, 7) is 1.49. The summed E-state index contributed by atoms with van der Waals surface area (Å²) in [7, 11) is 3.10. The molecular formula is C18H22N4O4. The number of ether oxygens (including phenoxy) is 2. The van der Waals surface area contributed by atoms with Crippen molar-refractivity contribution in [3.63, 3.8) is 0 Å². The van der Waals surface area contributed by atoms with Gasteiger partial charge in [-0.25, -0.2) is 5.10 Å². The molecule has 1 fully saturated rings. The van der Waals surface area contributed by atoms with Crippen LogP contribution in [0.3, 0.4) is 0 Å². The number of H-pyrrole nitrogens is 1. The van der Waals surface area contributed by atoms with Crippen LogP contribution < -0.4 is 25.2 Å². The van der Waals surface area contributed by atoms with Crippen molar-refractivity contribution < 1.29 is 14.3 Å². The van der Waals surface area contributed by atoms with Gasteiger partial charge in [0, 0.05) is 31.3 Å². The van der Waals surface area contributed by atoms with E-state index in [0.29, 0.717) is 17.1 Å². The number of piperidine rings is 1. The number of anilines is 1. The highest BCUT2D eigenvalue weighted by Gasteiger charge is 2.23. The van der Waals surface area contributed by atoms with Gasteiger partial charge in [0.2, 0.25) is 0 Å². The van der Waals surface area contributed by atoms with E-state index in [2.05, 4.69) is 20.4 Å². The third kappa shape index (κ3) is 3.96. The topological polar surface area (TPSA) is 96.5 Å². The van der Waals surface area contributed by atoms with Gasteiger partial charge in [0.15, 0.2) is 0 Å². The van der Waals surface area contributed by atoms with Gasteiger partial charge in [-0.1, -0.05) is 0 Å². The maximum Gasteiger partial charge on any atom is 0.266 e. The molecule has 0 aliphatic carbocycles. The predicted octanol–water partition coefficient (Wildman–Crippen LogP) is 1.19. The molecule has 1 aliphatic rings. The summed E-state index contributed by atoms with van der Waals surface area (Å²) >= 11 is 0. The van der Waals surface area contributed by atoms with Crippen LogP contribution in [0.2, 0.25) is 0 Å². The fourth-order valence-electron chi connectivity index (χ4n) is 3.07. The average molecular weight is 358 g/mol. The molecule has 0 spiro atoms. The number of aromatic nitrogens is 2. The lowest BCUT2D eigenvalue weighted by atomic mass is 10.0. The van der Waals surface area contributed by atoms with Gasteiger partial charge in [0.25, 0.3) is 11.5 Å². The highest BCUT2D eigenvalue weighted by atomic mass is 16.5. The summed E-state index contributed by atoms with van der Waals surface area (Å²) in [4.78, 5) is 26.1. The maximum absolute atomic E-state index is 12.6. The molecule has 0 unspecified atom stereocenters. The molecule has 8 heteroatoms. The summed E-state index contributed by atoms with van der Waals surface area (Å²) in [5.41, 5.74) is 1.06. The number of hydrogen-bond acceptors (Lipinski definition) is 6. The molecule has 0 saturated carbocycles. The minimum Gasteiger partial charge on any atom is -0.497 e. The molecule has 3 rings (SSSR count). The Morgan fingerprint density at radius 2 is 2.00 bits per heavy atom. The van der Waals surface area contributed by atoms with Crippen molar-refractivity contribution in [2.24, 2.45) is 0 Å². The molecule has 138 valence electrons. The SMILES string of the molecule is COc1ccc(C(=O)NC2CCN(c3cn[nH]c(=O)c3)CC2)c(OC)c1. The number of carbonyl (C=O) groups excluding carboxylic acids is 1. The Labute approximate surface area is 151 Å². The van der Waals surface area contributed by atoms with Gasteiger partial charge in [0.05, 0.1) is 31.7 Å². The summed E-state index contributed by atoms with van der Waals surface area (Å²) in [5, 5.41) is 9.26. The Morgan fingerprint density at radius 1 is 1.23 bits per heavy atom. The number of methoxy groups -OCH3 is 2. The minimum absolute atomic E-state index is 0.0699. The van der Waals surface area contributed by atoms with Gasteiger partial charge in [-0.2, -0.15) is 5.10 Å². The molecule has 2 aromatic rings. The van der Waals surface area contributed by atoms with Crippen LogP contribution in [0.4, 0.5) is 5.69 Å². The van der Waals surface area contributed by atoms with Crippen molar-refractivity contribution in [1.82, 2.24) is 15.5 Å². The maximum atomic E-state index is 12.6. The molecule has 1 aliphatic heterocycles. The van der Waals surface area contributed by atoms with Gasteiger partial charge in [0.1, 0.15) is 11.5 Å². The van der Waals surface area contributed by atoms with Gasteiger partial charge in [-0.15, -0.1) is 0 Å². The van der Waals surface area contributed by atoms with Crippen molar-refractivity contribution in [2.75, 3.05) is 32.2 Å². The second-order valence-electron chi connectivity index (χ2n) is 6.10. The van der Waals surface area contributed by atoms with Crippen LogP contribution in [0.1, 0.15) is 23.2 Å². The number of nitrogens with one attached hydrogen (secondary N) is 2. The summed E-state index contributed by atoms with van der Waals surface area (Å²) in [6.07, 6.45) is 3.22. The molecule has 1 aromatic carbocycles. The first-order chi connectivity index (χ1) is 12.6. The van der Waals surface area contributed by atoms with E-state index < -0.39 is 0 Å². The van der Waals surface area contributed by atoms with E-state index in [4.69, 9.17) is 9.47 Å². The van der Waals surface area contributed by atoms with Crippen LogP contribution in [0.15, 0.2) is 35.3 Å². The molecule has 2 N–H and O–H groups in total. The van der Waals surface area contributed by atoms with Crippen LogP contribution in [0, 0.1) is 0 Å². The van der Waals surface area contributed by atoms with E-state index >= 15 is 0 Å². The van der Waals surface area contributed by atoms with Gasteiger partial charge >= 0.3 is 0 Å². The second kappa shape index (κ2) is 7.90. The monoisotopic (exact) mass is 358 g/mol. The van der Waals surface area contributed by atoms with E-state index in [9.17, 15) is 9.59 Å². The quantitative estimate of drug-likeness (QED) is 0.833.